The second kappa shape index (κ2) is 4.24. The van der Waals surface area contributed by atoms with Crippen molar-refractivity contribution in [2.45, 2.75) is 0 Å². The van der Waals surface area contributed by atoms with Gasteiger partial charge in [0.1, 0.15) is 5.82 Å². The Morgan fingerprint density at radius 1 is 1.13 bits per heavy atom. The summed E-state index contributed by atoms with van der Waals surface area (Å²) in [6.07, 6.45) is 0. The molecular formula is C11H6BrFOS. The van der Waals surface area contributed by atoms with Crippen molar-refractivity contribution in [1.29, 1.82) is 0 Å². The van der Waals surface area contributed by atoms with E-state index in [4.69, 9.17) is 0 Å². The third kappa shape index (κ3) is 2.33. The summed E-state index contributed by atoms with van der Waals surface area (Å²) >= 11 is 4.66. The van der Waals surface area contributed by atoms with E-state index in [1.165, 1.54) is 35.6 Å². The molecule has 0 saturated carbocycles. The first-order valence-corrected chi connectivity index (χ1v) is 5.83. The van der Waals surface area contributed by atoms with Crippen LogP contribution in [-0.4, -0.2) is 5.78 Å². The van der Waals surface area contributed by atoms with Crippen molar-refractivity contribution in [2.75, 3.05) is 0 Å². The van der Waals surface area contributed by atoms with Crippen LogP contribution in [-0.2, 0) is 0 Å². The maximum Gasteiger partial charge on any atom is 0.202 e. The van der Waals surface area contributed by atoms with Crippen LogP contribution in [0.2, 0.25) is 0 Å². The lowest BCUT2D eigenvalue weighted by atomic mass is 10.1. The van der Waals surface area contributed by atoms with Crippen molar-refractivity contribution in [3.05, 3.63) is 56.4 Å². The van der Waals surface area contributed by atoms with Gasteiger partial charge in [0, 0.05) is 5.56 Å². The first-order chi connectivity index (χ1) is 7.16. The van der Waals surface area contributed by atoms with Gasteiger partial charge in [0.25, 0.3) is 0 Å². The molecule has 0 spiro atoms. The van der Waals surface area contributed by atoms with Crippen LogP contribution in [0, 0.1) is 5.82 Å². The molecule has 0 unspecified atom stereocenters. The van der Waals surface area contributed by atoms with Gasteiger partial charge in [-0.1, -0.05) is 0 Å². The van der Waals surface area contributed by atoms with Crippen LogP contribution < -0.4 is 0 Å². The number of ketones is 1. The molecule has 1 heterocycles. The fraction of sp³-hybridized carbons (Fsp3) is 0. The molecule has 0 aliphatic carbocycles. The lowest BCUT2D eigenvalue weighted by Gasteiger charge is -1.96. The quantitative estimate of drug-likeness (QED) is 0.765. The molecule has 0 atom stereocenters. The molecule has 0 saturated heterocycles. The molecule has 0 radical (unpaired) electrons. The van der Waals surface area contributed by atoms with Gasteiger partial charge in [-0.3, -0.25) is 4.79 Å². The molecule has 1 aromatic carbocycles. The van der Waals surface area contributed by atoms with Gasteiger partial charge in [-0.2, -0.15) is 0 Å². The van der Waals surface area contributed by atoms with Gasteiger partial charge in [-0.05, 0) is 52.3 Å². The lowest BCUT2D eigenvalue weighted by Crippen LogP contribution is -1.97. The Balaban J connectivity index is 2.32. The Morgan fingerprint density at radius 2 is 1.80 bits per heavy atom. The highest BCUT2D eigenvalue weighted by Gasteiger charge is 2.10. The van der Waals surface area contributed by atoms with Crippen LogP contribution in [0.15, 0.2) is 40.2 Å². The second-order valence-corrected chi connectivity index (χ2v) is 5.40. The van der Waals surface area contributed by atoms with E-state index in [0.717, 1.165) is 3.79 Å². The van der Waals surface area contributed by atoms with E-state index in [1.54, 1.807) is 6.07 Å². The Bertz CT molecular complexity index is 490. The molecule has 2 rings (SSSR count). The second-order valence-electron chi connectivity index (χ2n) is 2.94. The zero-order valence-corrected chi connectivity index (χ0v) is 9.94. The molecule has 0 fully saturated rings. The van der Waals surface area contributed by atoms with E-state index in [2.05, 4.69) is 15.9 Å². The van der Waals surface area contributed by atoms with E-state index in [9.17, 15) is 9.18 Å². The average molecular weight is 285 g/mol. The van der Waals surface area contributed by atoms with Crippen molar-refractivity contribution >= 4 is 33.0 Å². The highest BCUT2D eigenvalue weighted by Crippen LogP contribution is 2.24. The number of rotatable bonds is 2. The van der Waals surface area contributed by atoms with Gasteiger partial charge in [0.2, 0.25) is 5.78 Å². The summed E-state index contributed by atoms with van der Waals surface area (Å²) in [5.74, 6) is -0.412. The fourth-order valence-electron chi connectivity index (χ4n) is 1.18. The molecule has 0 amide bonds. The molecule has 4 heteroatoms. The van der Waals surface area contributed by atoms with Gasteiger partial charge >= 0.3 is 0 Å². The molecule has 0 bridgehead atoms. The molecule has 0 aliphatic rings. The third-order valence-corrected chi connectivity index (χ3v) is 3.53. The number of hydrogen-bond acceptors (Lipinski definition) is 2. The van der Waals surface area contributed by atoms with Gasteiger partial charge in [-0.25, -0.2) is 4.39 Å². The Hall–Kier alpha value is -1.000. The third-order valence-electron chi connectivity index (χ3n) is 1.90. The molecule has 0 N–H and O–H groups in total. The number of benzene rings is 1. The summed E-state index contributed by atoms with van der Waals surface area (Å²) in [7, 11) is 0. The number of carbonyl (C=O) groups is 1. The van der Waals surface area contributed by atoms with E-state index in [-0.39, 0.29) is 11.6 Å². The highest BCUT2D eigenvalue weighted by atomic mass is 79.9. The molecular weight excluding hydrogens is 279 g/mol. The maximum atomic E-state index is 12.6. The molecule has 1 aromatic heterocycles. The molecule has 76 valence electrons. The number of halogens is 2. The number of thiophene rings is 1. The van der Waals surface area contributed by atoms with Crippen molar-refractivity contribution in [3.8, 4) is 0 Å². The van der Waals surface area contributed by atoms with E-state index in [1.807, 2.05) is 6.07 Å². The first-order valence-electron chi connectivity index (χ1n) is 4.22. The van der Waals surface area contributed by atoms with Crippen LogP contribution in [0.1, 0.15) is 15.2 Å². The minimum Gasteiger partial charge on any atom is -0.288 e. The summed E-state index contributed by atoms with van der Waals surface area (Å²) in [4.78, 5) is 12.5. The molecule has 2 aromatic rings. The van der Waals surface area contributed by atoms with Crippen molar-refractivity contribution in [2.24, 2.45) is 0 Å². The first kappa shape index (κ1) is 10.5. The normalized spacial score (nSPS) is 10.3. The SMILES string of the molecule is O=C(c1ccc(F)cc1)c1ccc(Br)s1. The molecule has 1 nitrogen and oxygen atoms in total. The summed E-state index contributed by atoms with van der Waals surface area (Å²) in [6, 6.07) is 9.13. The summed E-state index contributed by atoms with van der Waals surface area (Å²) in [5, 5.41) is 0. The maximum absolute atomic E-state index is 12.6. The zero-order valence-electron chi connectivity index (χ0n) is 7.54. The van der Waals surface area contributed by atoms with E-state index < -0.39 is 0 Å². The molecule has 0 aliphatic heterocycles. The van der Waals surface area contributed by atoms with Crippen molar-refractivity contribution in [1.82, 2.24) is 0 Å². The van der Waals surface area contributed by atoms with E-state index in [0.29, 0.717) is 10.4 Å². The van der Waals surface area contributed by atoms with Crippen LogP contribution in [0.4, 0.5) is 4.39 Å². The summed E-state index contributed by atoms with van der Waals surface area (Å²) < 4.78 is 13.6. The average Bonchev–Trinajstić information content (AvgIpc) is 2.65. The Kier molecular flexibility index (Phi) is 2.98. The molecule has 15 heavy (non-hydrogen) atoms. The smallest absolute Gasteiger partial charge is 0.202 e. The minimum absolute atomic E-state index is 0.0781. The van der Waals surface area contributed by atoms with E-state index >= 15 is 0 Å². The van der Waals surface area contributed by atoms with Gasteiger partial charge in [0.15, 0.2) is 0 Å². The number of carbonyl (C=O) groups excluding carboxylic acids is 1. The van der Waals surface area contributed by atoms with Gasteiger partial charge in [0.05, 0.1) is 8.66 Å². The highest BCUT2D eigenvalue weighted by molar-refractivity contribution is 9.11. The van der Waals surface area contributed by atoms with Gasteiger partial charge < -0.3 is 0 Å². The fourth-order valence-corrected chi connectivity index (χ4v) is 2.53. The lowest BCUT2D eigenvalue weighted by molar-refractivity contribution is 0.104. The summed E-state index contributed by atoms with van der Waals surface area (Å²) in [5.41, 5.74) is 0.505. The standard InChI is InChI=1S/C11H6BrFOS/c12-10-6-5-9(15-10)11(14)7-1-3-8(13)4-2-7/h1-6H. The predicted octanol–water partition coefficient (Wildman–Crippen LogP) is 3.88. The largest absolute Gasteiger partial charge is 0.288 e. The predicted molar refractivity (Wildman–Crippen MR) is 61.9 cm³/mol. The van der Waals surface area contributed by atoms with Crippen LogP contribution in [0.3, 0.4) is 0 Å². The van der Waals surface area contributed by atoms with Gasteiger partial charge in [-0.15, -0.1) is 11.3 Å². The summed E-state index contributed by atoms with van der Waals surface area (Å²) in [6.45, 7) is 0. The number of hydrogen-bond donors (Lipinski definition) is 0. The van der Waals surface area contributed by atoms with Crippen LogP contribution in [0.5, 0.6) is 0 Å². The Morgan fingerprint density at radius 3 is 2.33 bits per heavy atom. The zero-order chi connectivity index (χ0) is 10.8. The monoisotopic (exact) mass is 284 g/mol. The topological polar surface area (TPSA) is 17.1 Å². The van der Waals surface area contributed by atoms with Crippen LogP contribution >= 0.6 is 27.3 Å². The minimum atomic E-state index is -0.334. The Labute approximate surface area is 98.7 Å². The van der Waals surface area contributed by atoms with Crippen molar-refractivity contribution < 1.29 is 9.18 Å². The van der Waals surface area contributed by atoms with Crippen LogP contribution in [0.25, 0.3) is 0 Å². The van der Waals surface area contributed by atoms with Crippen molar-refractivity contribution in [3.63, 3.8) is 0 Å².